The van der Waals surface area contributed by atoms with Gasteiger partial charge in [-0.25, -0.2) is 18.4 Å². The zero-order valence-corrected chi connectivity index (χ0v) is 23.6. The fourth-order valence-electron chi connectivity index (χ4n) is 4.37. The lowest BCUT2D eigenvalue weighted by Crippen LogP contribution is -2.46. The van der Waals surface area contributed by atoms with Gasteiger partial charge >= 0.3 is 11.9 Å². The molecule has 0 aromatic heterocycles. The van der Waals surface area contributed by atoms with Crippen molar-refractivity contribution < 1.29 is 47.0 Å². The van der Waals surface area contributed by atoms with E-state index in [9.17, 15) is 37.5 Å². The molecule has 1 heterocycles. The summed E-state index contributed by atoms with van der Waals surface area (Å²) in [6.07, 6.45) is 0.00521. The first-order chi connectivity index (χ1) is 21.0. The lowest BCUT2D eigenvalue weighted by Gasteiger charge is -2.25. The molecule has 1 unspecified atom stereocenters. The number of rotatable bonds is 11. The van der Waals surface area contributed by atoms with Crippen LogP contribution < -0.4 is 10.6 Å². The Balaban J connectivity index is 1.42. The molecule has 2 N–H and O–H groups in total. The number of carbonyl (C=O) groups is 6. The quantitative estimate of drug-likeness (QED) is 0.246. The summed E-state index contributed by atoms with van der Waals surface area (Å²) in [6.45, 7) is 1.95. The lowest BCUT2D eigenvalue weighted by atomic mass is 10.0. The fourth-order valence-corrected chi connectivity index (χ4v) is 4.37. The normalized spacial score (nSPS) is 12.9. The minimum atomic E-state index is -1.40. The summed E-state index contributed by atoms with van der Waals surface area (Å²) in [5.74, 6) is -6.91. The number of ether oxygens (including phenoxy) is 2. The number of carbonyl (C=O) groups excluding carboxylic acids is 6. The van der Waals surface area contributed by atoms with Gasteiger partial charge in [-0.05, 0) is 54.8 Å². The molecule has 4 rings (SSSR count). The largest absolute Gasteiger partial charge is 0.454 e. The number of imide groups is 1. The molecular weight excluding hydrogens is 580 g/mol. The van der Waals surface area contributed by atoms with Crippen LogP contribution in [0.25, 0.3) is 0 Å². The van der Waals surface area contributed by atoms with Gasteiger partial charge in [-0.15, -0.1) is 0 Å². The van der Waals surface area contributed by atoms with E-state index in [1.165, 1.54) is 48.5 Å². The maximum absolute atomic E-state index is 13.8. The van der Waals surface area contributed by atoms with E-state index in [0.29, 0.717) is 4.90 Å². The van der Waals surface area contributed by atoms with Crippen molar-refractivity contribution in [2.45, 2.75) is 26.3 Å². The SMILES string of the molecule is CC(C)CC(C(=O)OCC(=O)Nc1ccccc1F)N1C(=O)c2ccc(C(=O)OCC(=O)Nc3ccccc3F)cc2C1=O. The third kappa shape index (κ3) is 7.30. The molecule has 44 heavy (non-hydrogen) atoms. The molecule has 1 atom stereocenters. The first-order valence-corrected chi connectivity index (χ1v) is 13.4. The van der Waals surface area contributed by atoms with Crippen LogP contribution in [0, 0.1) is 17.6 Å². The summed E-state index contributed by atoms with van der Waals surface area (Å²) >= 11 is 0. The number of hydrogen-bond donors (Lipinski definition) is 2. The average Bonchev–Trinajstić information content (AvgIpc) is 3.24. The number of para-hydroxylation sites is 2. The number of esters is 2. The average molecular weight is 608 g/mol. The summed E-state index contributed by atoms with van der Waals surface area (Å²) in [6, 6.07) is 12.9. The van der Waals surface area contributed by atoms with Crippen molar-refractivity contribution in [1.29, 1.82) is 0 Å². The molecule has 0 fully saturated rings. The van der Waals surface area contributed by atoms with E-state index in [-0.39, 0.29) is 40.4 Å². The van der Waals surface area contributed by atoms with Crippen LogP contribution in [0.5, 0.6) is 0 Å². The number of halogens is 2. The second-order valence-electron chi connectivity index (χ2n) is 10.1. The minimum Gasteiger partial charge on any atom is -0.454 e. The highest BCUT2D eigenvalue weighted by atomic mass is 19.1. The number of hydrogen-bond acceptors (Lipinski definition) is 8. The summed E-state index contributed by atoms with van der Waals surface area (Å²) in [4.78, 5) is 77.3. The molecule has 0 saturated heterocycles. The van der Waals surface area contributed by atoms with Crippen LogP contribution in [0.1, 0.15) is 51.3 Å². The molecule has 228 valence electrons. The number of anilines is 2. The summed E-state index contributed by atoms with van der Waals surface area (Å²) in [5.41, 5.74) is -0.636. The number of fused-ring (bicyclic) bond motifs is 1. The Morgan fingerprint density at radius 3 is 1.82 bits per heavy atom. The predicted octanol–water partition coefficient (Wildman–Crippen LogP) is 3.95. The van der Waals surface area contributed by atoms with Crippen LogP contribution in [0.4, 0.5) is 20.2 Å². The van der Waals surface area contributed by atoms with Gasteiger partial charge in [0.1, 0.15) is 17.7 Å². The van der Waals surface area contributed by atoms with Crippen molar-refractivity contribution in [2.75, 3.05) is 23.8 Å². The molecule has 0 bridgehead atoms. The van der Waals surface area contributed by atoms with Gasteiger partial charge in [-0.1, -0.05) is 38.1 Å². The van der Waals surface area contributed by atoms with Crippen LogP contribution in [0.15, 0.2) is 66.7 Å². The molecule has 13 heteroatoms. The van der Waals surface area contributed by atoms with Crippen LogP contribution >= 0.6 is 0 Å². The maximum atomic E-state index is 13.8. The molecule has 0 aliphatic carbocycles. The molecule has 0 saturated carbocycles. The zero-order valence-electron chi connectivity index (χ0n) is 23.6. The van der Waals surface area contributed by atoms with E-state index in [1.807, 2.05) is 0 Å². The zero-order chi connectivity index (χ0) is 32.0. The highest BCUT2D eigenvalue weighted by Gasteiger charge is 2.44. The molecule has 0 radical (unpaired) electrons. The van der Waals surface area contributed by atoms with E-state index in [4.69, 9.17) is 9.47 Å². The van der Waals surface area contributed by atoms with Gasteiger partial charge in [0.2, 0.25) is 0 Å². The third-order valence-electron chi connectivity index (χ3n) is 6.41. The topological polar surface area (TPSA) is 148 Å². The Kier molecular flexibility index (Phi) is 9.78. The smallest absolute Gasteiger partial charge is 0.338 e. The third-order valence-corrected chi connectivity index (χ3v) is 6.41. The standard InChI is InChI=1S/C31H27F2N3O8/c1-17(2)13-25(31(42)44-16-27(38)35-24-10-6-4-8-22(24)33)36-28(39)19-12-11-18(14-20(19)29(36)40)30(41)43-15-26(37)34-23-9-5-3-7-21(23)32/h3-12,14,17,25H,13,15-16H2,1-2H3,(H,34,37)(H,35,38). The van der Waals surface area contributed by atoms with Crippen molar-refractivity contribution in [3.05, 3.63) is 95.1 Å². The predicted molar refractivity (Wildman–Crippen MR) is 151 cm³/mol. The van der Waals surface area contributed by atoms with Crippen molar-refractivity contribution in [1.82, 2.24) is 4.90 Å². The maximum Gasteiger partial charge on any atom is 0.338 e. The Morgan fingerprint density at radius 1 is 0.750 bits per heavy atom. The Morgan fingerprint density at radius 2 is 1.27 bits per heavy atom. The molecule has 1 aliphatic heterocycles. The van der Waals surface area contributed by atoms with Gasteiger partial charge in [0, 0.05) is 0 Å². The van der Waals surface area contributed by atoms with Crippen LogP contribution in [0.2, 0.25) is 0 Å². The van der Waals surface area contributed by atoms with Gasteiger partial charge in [0.05, 0.1) is 28.1 Å². The molecule has 1 aliphatic rings. The Hall–Kier alpha value is -5.46. The monoisotopic (exact) mass is 607 g/mol. The second-order valence-corrected chi connectivity index (χ2v) is 10.1. The van der Waals surface area contributed by atoms with E-state index in [1.54, 1.807) is 13.8 Å². The number of benzene rings is 3. The van der Waals surface area contributed by atoms with Crippen molar-refractivity contribution in [2.24, 2.45) is 5.92 Å². The first-order valence-electron chi connectivity index (χ1n) is 13.4. The van der Waals surface area contributed by atoms with Crippen molar-refractivity contribution >= 4 is 46.9 Å². The number of nitrogens with one attached hydrogen (secondary N) is 2. The Bertz CT molecular complexity index is 1640. The molecule has 4 amide bonds. The van der Waals surface area contributed by atoms with E-state index < -0.39 is 66.5 Å². The van der Waals surface area contributed by atoms with Crippen molar-refractivity contribution in [3.8, 4) is 0 Å². The molecule has 0 spiro atoms. The second kappa shape index (κ2) is 13.7. The van der Waals surface area contributed by atoms with Gasteiger partial charge in [-0.2, -0.15) is 0 Å². The van der Waals surface area contributed by atoms with E-state index >= 15 is 0 Å². The van der Waals surface area contributed by atoms with Crippen molar-refractivity contribution in [3.63, 3.8) is 0 Å². The van der Waals surface area contributed by atoms with E-state index in [0.717, 1.165) is 18.2 Å². The molecular formula is C31H27F2N3O8. The number of amides is 4. The van der Waals surface area contributed by atoms with E-state index in [2.05, 4.69) is 10.6 Å². The summed E-state index contributed by atoms with van der Waals surface area (Å²) in [5, 5.41) is 4.54. The summed E-state index contributed by atoms with van der Waals surface area (Å²) < 4.78 is 37.6. The van der Waals surface area contributed by atoms with Gasteiger partial charge in [-0.3, -0.25) is 24.1 Å². The van der Waals surface area contributed by atoms with Gasteiger partial charge in [0.15, 0.2) is 13.2 Å². The van der Waals surface area contributed by atoms with Crippen LogP contribution in [-0.2, 0) is 23.9 Å². The molecule has 3 aromatic carbocycles. The van der Waals surface area contributed by atoms with Gasteiger partial charge in [0.25, 0.3) is 23.6 Å². The lowest BCUT2D eigenvalue weighted by molar-refractivity contribution is -0.151. The Labute approximate surface area is 250 Å². The molecule has 11 nitrogen and oxygen atoms in total. The first kappa shape index (κ1) is 31.5. The van der Waals surface area contributed by atoms with Gasteiger partial charge < -0.3 is 20.1 Å². The highest BCUT2D eigenvalue weighted by molar-refractivity contribution is 6.23. The van der Waals surface area contributed by atoms with Crippen LogP contribution in [-0.4, -0.2) is 59.7 Å². The summed E-state index contributed by atoms with van der Waals surface area (Å²) in [7, 11) is 0. The molecule has 3 aromatic rings. The minimum absolute atomic E-state index is 0.00521. The number of nitrogens with zero attached hydrogens (tertiary/aromatic N) is 1. The van der Waals surface area contributed by atoms with Crippen LogP contribution in [0.3, 0.4) is 0 Å². The highest BCUT2D eigenvalue weighted by Crippen LogP contribution is 2.29. The fraction of sp³-hybridized carbons (Fsp3) is 0.226.